The summed E-state index contributed by atoms with van der Waals surface area (Å²) in [5.41, 5.74) is 0.910. The normalized spacial score (nSPS) is 16.9. The van der Waals surface area contributed by atoms with Crippen molar-refractivity contribution in [1.82, 2.24) is 4.90 Å². The fourth-order valence-electron chi connectivity index (χ4n) is 2.81. The molecule has 2 rings (SSSR count). The first kappa shape index (κ1) is 15.8. The molecule has 1 fully saturated rings. The van der Waals surface area contributed by atoms with Gasteiger partial charge in [0.15, 0.2) is 0 Å². The molecule has 0 radical (unpaired) electrons. The fourth-order valence-corrected chi connectivity index (χ4v) is 3.33. The van der Waals surface area contributed by atoms with E-state index in [0.717, 1.165) is 9.26 Å². The predicted molar refractivity (Wildman–Crippen MR) is 91.9 cm³/mol. The van der Waals surface area contributed by atoms with Crippen molar-refractivity contribution >= 4 is 34.2 Å². The molecule has 0 atom stereocenters. The van der Waals surface area contributed by atoms with Crippen LogP contribution in [0.4, 0.5) is 5.69 Å². The number of amides is 1. The molecule has 1 aromatic rings. The number of likely N-dealkylation sites (N-methyl/N-ethyl adjacent to an activating group) is 1. The Kier molecular flexibility index (Phi) is 6.29. The molecule has 1 N–H and O–H groups in total. The largest absolute Gasteiger partial charge is 0.324 e. The third-order valence-electron chi connectivity index (χ3n) is 3.99. The van der Waals surface area contributed by atoms with Crippen LogP contribution in [-0.2, 0) is 4.79 Å². The monoisotopic (exact) mass is 386 g/mol. The van der Waals surface area contributed by atoms with E-state index in [1.165, 1.54) is 38.5 Å². The van der Waals surface area contributed by atoms with Crippen LogP contribution in [0, 0.1) is 3.57 Å². The maximum Gasteiger partial charge on any atom is 0.238 e. The minimum atomic E-state index is 0.0841. The molecule has 1 aliphatic rings. The molecule has 20 heavy (non-hydrogen) atoms. The van der Waals surface area contributed by atoms with Crippen LogP contribution in [0.15, 0.2) is 24.3 Å². The van der Waals surface area contributed by atoms with Crippen LogP contribution >= 0.6 is 22.6 Å². The van der Waals surface area contributed by atoms with Gasteiger partial charge in [0, 0.05) is 9.61 Å². The Morgan fingerprint density at radius 2 is 1.90 bits per heavy atom. The standard InChI is InChI=1S/C16H23IN2O/c1-19(13-8-4-2-3-5-9-13)12-16(20)18-15-11-7-6-10-14(15)17/h6-7,10-11,13H,2-5,8-9,12H2,1H3,(H,18,20). The van der Waals surface area contributed by atoms with Gasteiger partial charge in [-0.3, -0.25) is 9.69 Å². The Morgan fingerprint density at radius 1 is 1.25 bits per heavy atom. The molecule has 1 amide bonds. The van der Waals surface area contributed by atoms with Gasteiger partial charge in [0.1, 0.15) is 0 Å². The van der Waals surface area contributed by atoms with Crippen molar-refractivity contribution in [1.29, 1.82) is 0 Å². The van der Waals surface area contributed by atoms with Crippen molar-refractivity contribution in [2.45, 2.75) is 44.6 Å². The highest BCUT2D eigenvalue weighted by molar-refractivity contribution is 14.1. The minimum absolute atomic E-state index is 0.0841. The lowest BCUT2D eigenvalue weighted by atomic mass is 10.1. The SMILES string of the molecule is CN(CC(=O)Nc1ccccc1I)C1CCCCCC1. The summed E-state index contributed by atoms with van der Waals surface area (Å²) in [7, 11) is 2.07. The molecule has 0 bridgehead atoms. The van der Waals surface area contributed by atoms with Crippen molar-refractivity contribution < 1.29 is 4.79 Å². The van der Waals surface area contributed by atoms with E-state index in [2.05, 4.69) is 39.9 Å². The number of para-hydroxylation sites is 1. The molecule has 4 heteroatoms. The van der Waals surface area contributed by atoms with E-state index >= 15 is 0 Å². The fraction of sp³-hybridized carbons (Fsp3) is 0.562. The first-order chi connectivity index (χ1) is 9.66. The van der Waals surface area contributed by atoms with E-state index in [9.17, 15) is 4.79 Å². The highest BCUT2D eigenvalue weighted by Crippen LogP contribution is 2.21. The number of hydrogen-bond donors (Lipinski definition) is 1. The topological polar surface area (TPSA) is 32.3 Å². The van der Waals surface area contributed by atoms with Gasteiger partial charge in [0.25, 0.3) is 0 Å². The molecule has 110 valence electrons. The molecule has 0 saturated heterocycles. The van der Waals surface area contributed by atoms with Crippen LogP contribution in [-0.4, -0.2) is 30.4 Å². The number of anilines is 1. The van der Waals surface area contributed by atoms with E-state index in [1.807, 2.05) is 24.3 Å². The van der Waals surface area contributed by atoms with Crippen LogP contribution in [0.1, 0.15) is 38.5 Å². The van der Waals surface area contributed by atoms with Gasteiger partial charge in [-0.15, -0.1) is 0 Å². The Labute approximate surface area is 135 Å². The maximum absolute atomic E-state index is 12.1. The van der Waals surface area contributed by atoms with Gasteiger partial charge < -0.3 is 5.32 Å². The molecular formula is C16H23IN2O. The zero-order valence-corrected chi connectivity index (χ0v) is 14.2. The lowest BCUT2D eigenvalue weighted by Crippen LogP contribution is -2.37. The number of nitrogens with one attached hydrogen (secondary N) is 1. The Balaban J connectivity index is 1.85. The van der Waals surface area contributed by atoms with E-state index < -0.39 is 0 Å². The predicted octanol–water partition coefficient (Wildman–Crippen LogP) is 3.88. The van der Waals surface area contributed by atoms with E-state index in [1.54, 1.807) is 0 Å². The summed E-state index contributed by atoms with van der Waals surface area (Å²) in [5.74, 6) is 0.0841. The number of carbonyl (C=O) groups is 1. The first-order valence-corrected chi connectivity index (χ1v) is 8.49. The number of carbonyl (C=O) groups excluding carboxylic acids is 1. The van der Waals surface area contributed by atoms with Crippen molar-refractivity contribution in [3.8, 4) is 0 Å². The van der Waals surface area contributed by atoms with Crippen LogP contribution < -0.4 is 5.32 Å². The Bertz CT molecular complexity index is 442. The van der Waals surface area contributed by atoms with Gasteiger partial charge >= 0.3 is 0 Å². The summed E-state index contributed by atoms with van der Waals surface area (Å²) in [6, 6.07) is 8.45. The van der Waals surface area contributed by atoms with Crippen LogP contribution in [0.3, 0.4) is 0 Å². The van der Waals surface area contributed by atoms with E-state index in [0.29, 0.717) is 12.6 Å². The van der Waals surface area contributed by atoms with E-state index in [4.69, 9.17) is 0 Å². The average molecular weight is 386 g/mol. The van der Waals surface area contributed by atoms with Crippen LogP contribution in [0.2, 0.25) is 0 Å². The maximum atomic E-state index is 12.1. The van der Waals surface area contributed by atoms with Gasteiger partial charge in [0.2, 0.25) is 5.91 Å². The van der Waals surface area contributed by atoms with Crippen molar-refractivity contribution in [3.63, 3.8) is 0 Å². The summed E-state index contributed by atoms with van der Waals surface area (Å²) in [6.45, 7) is 0.482. The quantitative estimate of drug-likeness (QED) is 0.629. The second kappa shape index (κ2) is 7.98. The van der Waals surface area contributed by atoms with Crippen LogP contribution in [0.5, 0.6) is 0 Å². The summed E-state index contributed by atoms with van der Waals surface area (Å²) >= 11 is 2.25. The highest BCUT2D eigenvalue weighted by atomic mass is 127. The number of hydrogen-bond acceptors (Lipinski definition) is 2. The lowest BCUT2D eigenvalue weighted by molar-refractivity contribution is -0.117. The van der Waals surface area contributed by atoms with Crippen LogP contribution in [0.25, 0.3) is 0 Å². The van der Waals surface area contributed by atoms with Gasteiger partial charge in [-0.2, -0.15) is 0 Å². The smallest absolute Gasteiger partial charge is 0.238 e. The van der Waals surface area contributed by atoms with Crippen molar-refractivity contribution in [2.24, 2.45) is 0 Å². The summed E-state index contributed by atoms with van der Waals surface area (Å²) in [4.78, 5) is 14.4. The zero-order valence-electron chi connectivity index (χ0n) is 12.1. The van der Waals surface area contributed by atoms with Crippen molar-refractivity contribution in [3.05, 3.63) is 27.8 Å². The lowest BCUT2D eigenvalue weighted by Gasteiger charge is -2.26. The molecular weight excluding hydrogens is 363 g/mol. The Hall–Kier alpha value is -0.620. The minimum Gasteiger partial charge on any atom is -0.324 e. The first-order valence-electron chi connectivity index (χ1n) is 7.41. The molecule has 1 saturated carbocycles. The average Bonchev–Trinajstić information content (AvgIpc) is 2.70. The number of rotatable bonds is 4. The second-order valence-corrected chi connectivity index (χ2v) is 6.75. The molecule has 0 aliphatic heterocycles. The molecule has 1 aliphatic carbocycles. The van der Waals surface area contributed by atoms with Gasteiger partial charge in [-0.05, 0) is 54.6 Å². The molecule has 1 aromatic carbocycles. The molecule has 0 unspecified atom stereocenters. The van der Waals surface area contributed by atoms with Gasteiger partial charge in [-0.1, -0.05) is 37.8 Å². The second-order valence-electron chi connectivity index (χ2n) is 5.59. The molecule has 3 nitrogen and oxygen atoms in total. The number of nitrogens with zero attached hydrogens (tertiary/aromatic N) is 1. The van der Waals surface area contributed by atoms with Gasteiger partial charge in [0.05, 0.1) is 12.2 Å². The van der Waals surface area contributed by atoms with Gasteiger partial charge in [-0.25, -0.2) is 0 Å². The summed E-state index contributed by atoms with van der Waals surface area (Å²) in [5, 5.41) is 3.01. The third-order valence-corrected chi connectivity index (χ3v) is 4.93. The molecule has 0 heterocycles. The highest BCUT2D eigenvalue weighted by Gasteiger charge is 2.19. The molecule has 0 aromatic heterocycles. The zero-order chi connectivity index (χ0) is 14.4. The Morgan fingerprint density at radius 3 is 2.55 bits per heavy atom. The number of benzene rings is 1. The third kappa shape index (κ3) is 4.74. The van der Waals surface area contributed by atoms with Crippen molar-refractivity contribution in [2.75, 3.05) is 18.9 Å². The van der Waals surface area contributed by atoms with E-state index in [-0.39, 0.29) is 5.91 Å². The number of halogens is 1. The summed E-state index contributed by atoms with van der Waals surface area (Å²) < 4.78 is 1.08. The summed E-state index contributed by atoms with van der Waals surface area (Å²) in [6.07, 6.45) is 7.75. The molecule has 0 spiro atoms.